The van der Waals surface area contributed by atoms with Gasteiger partial charge in [0.05, 0.1) is 12.5 Å². The molecule has 1 heterocycles. The Morgan fingerprint density at radius 1 is 1.56 bits per heavy atom. The monoisotopic (exact) mass is 237 g/mol. The number of hydrogen-bond donors (Lipinski definition) is 0. The van der Waals surface area contributed by atoms with Crippen LogP contribution < -0.4 is 4.90 Å². The van der Waals surface area contributed by atoms with E-state index in [9.17, 15) is 0 Å². The van der Waals surface area contributed by atoms with E-state index < -0.39 is 0 Å². The molecule has 1 rings (SSSR count). The Labute approximate surface area is 102 Å². The molecule has 86 valence electrons. The third-order valence-corrected chi connectivity index (χ3v) is 2.36. The standard InChI is InChI=1S/C12H16ClN3/c1-10(2)9-16(7-3-5-14)11-4-6-15-12(13)8-11/h4,6,8,10H,3,7,9H2,1-2H3. The van der Waals surface area contributed by atoms with Gasteiger partial charge in [0.2, 0.25) is 0 Å². The summed E-state index contributed by atoms with van der Waals surface area (Å²) in [6.07, 6.45) is 2.21. The predicted molar refractivity (Wildman–Crippen MR) is 66.5 cm³/mol. The number of halogens is 1. The highest BCUT2D eigenvalue weighted by Gasteiger charge is 2.08. The summed E-state index contributed by atoms with van der Waals surface area (Å²) in [6.45, 7) is 5.96. The minimum absolute atomic E-state index is 0.489. The zero-order chi connectivity index (χ0) is 12.0. The fourth-order valence-electron chi connectivity index (χ4n) is 1.54. The summed E-state index contributed by atoms with van der Waals surface area (Å²) < 4.78 is 0. The van der Waals surface area contributed by atoms with Crippen LogP contribution in [0.1, 0.15) is 20.3 Å². The fraction of sp³-hybridized carbons (Fsp3) is 0.500. The molecule has 0 spiro atoms. The summed E-state index contributed by atoms with van der Waals surface area (Å²) in [7, 11) is 0. The Morgan fingerprint density at radius 2 is 2.31 bits per heavy atom. The summed E-state index contributed by atoms with van der Waals surface area (Å²) in [5, 5.41) is 9.12. The highest BCUT2D eigenvalue weighted by Crippen LogP contribution is 2.18. The van der Waals surface area contributed by atoms with E-state index in [1.54, 1.807) is 6.20 Å². The average Bonchev–Trinajstić information content (AvgIpc) is 2.23. The third-order valence-electron chi connectivity index (χ3n) is 2.15. The maximum absolute atomic E-state index is 8.64. The zero-order valence-corrected chi connectivity index (χ0v) is 10.4. The lowest BCUT2D eigenvalue weighted by molar-refractivity contribution is 0.612. The molecule has 0 fully saturated rings. The molecular formula is C12H16ClN3. The zero-order valence-electron chi connectivity index (χ0n) is 9.65. The molecule has 0 saturated heterocycles. The number of rotatable bonds is 5. The summed E-state index contributed by atoms with van der Waals surface area (Å²) >= 11 is 5.86. The molecular weight excluding hydrogens is 222 g/mol. The van der Waals surface area contributed by atoms with Crippen molar-refractivity contribution < 1.29 is 0 Å². The van der Waals surface area contributed by atoms with E-state index in [-0.39, 0.29) is 0 Å². The summed E-state index contributed by atoms with van der Waals surface area (Å²) in [5.41, 5.74) is 1.03. The lowest BCUT2D eigenvalue weighted by Crippen LogP contribution is -2.28. The van der Waals surface area contributed by atoms with Crippen LogP contribution in [0, 0.1) is 17.2 Å². The molecule has 0 amide bonds. The Balaban J connectivity index is 2.79. The minimum atomic E-state index is 0.489. The van der Waals surface area contributed by atoms with Crippen molar-refractivity contribution in [2.24, 2.45) is 5.92 Å². The van der Waals surface area contributed by atoms with E-state index in [2.05, 4.69) is 29.8 Å². The summed E-state index contributed by atoms with van der Waals surface area (Å²) in [5.74, 6) is 0.547. The topological polar surface area (TPSA) is 39.9 Å². The van der Waals surface area contributed by atoms with Crippen LogP contribution in [0.4, 0.5) is 5.69 Å². The molecule has 0 aliphatic heterocycles. The van der Waals surface area contributed by atoms with Gasteiger partial charge < -0.3 is 4.90 Å². The van der Waals surface area contributed by atoms with Gasteiger partial charge in [-0.05, 0) is 18.1 Å². The van der Waals surface area contributed by atoms with Gasteiger partial charge in [-0.3, -0.25) is 0 Å². The SMILES string of the molecule is CC(C)CN(CCC#N)c1ccnc(Cl)c1. The second-order valence-corrected chi connectivity index (χ2v) is 4.47. The fourth-order valence-corrected chi connectivity index (χ4v) is 1.71. The van der Waals surface area contributed by atoms with Gasteiger partial charge in [0, 0.05) is 25.0 Å². The lowest BCUT2D eigenvalue weighted by atomic mass is 10.2. The normalized spacial score (nSPS) is 10.2. The van der Waals surface area contributed by atoms with Crippen molar-refractivity contribution in [3.8, 4) is 6.07 Å². The van der Waals surface area contributed by atoms with Crippen LogP contribution >= 0.6 is 11.6 Å². The molecule has 0 N–H and O–H groups in total. The van der Waals surface area contributed by atoms with Crippen LogP contribution in [-0.2, 0) is 0 Å². The van der Waals surface area contributed by atoms with E-state index >= 15 is 0 Å². The van der Waals surface area contributed by atoms with Crippen LogP contribution in [-0.4, -0.2) is 18.1 Å². The second-order valence-electron chi connectivity index (χ2n) is 4.08. The van der Waals surface area contributed by atoms with Gasteiger partial charge in [-0.1, -0.05) is 25.4 Å². The van der Waals surface area contributed by atoms with Crippen molar-refractivity contribution in [2.45, 2.75) is 20.3 Å². The summed E-state index contributed by atoms with van der Waals surface area (Å²) in [6, 6.07) is 5.92. The van der Waals surface area contributed by atoms with Crippen molar-refractivity contribution in [3.63, 3.8) is 0 Å². The van der Waals surface area contributed by atoms with E-state index in [1.165, 1.54) is 0 Å². The first-order valence-electron chi connectivity index (χ1n) is 5.37. The third kappa shape index (κ3) is 4.08. The number of aromatic nitrogens is 1. The molecule has 0 bridgehead atoms. The van der Waals surface area contributed by atoms with Gasteiger partial charge in [0.15, 0.2) is 0 Å². The molecule has 0 aliphatic carbocycles. The number of nitriles is 1. The molecule has 1 aromatic heterocycles. The average molecular weight is 238 g/mol. The van der Waals surface area contributed by atoms with Gasteiger partial charge in [0.1, 0.15) is 5.15 Å². The van der Waals surface area contributed by atoms with Gasteiger partial charge >= 0.3 is 0 Å². The van der Waals surface area contributed by atoms with Gasteiger partial charge in [-0.25, -0.2) is 4.98 Å². The predicted octanol–water partition coefficient (Wildman–Crippen LogP) is 3.11. The smallest absolute Gasteiger partial charge is 0.131 e. The number of anilines is 1. The molecule has 0 atom stereocenters. The Morgan fingerprint density at radius 3 is 2.88 bits per heavy atom. The van der Waals surface area contributed by atoms with Crippen LogP contribution in [0.2, 0.25) is 5.15 Å². The number of nitrogens with zero attached hydrogens (tertiary/aromatic N) is 3. The maximum atomic E-state index is 8.64. The molecule has 16 heavy (non-hydrogen) atoms. The van der Waals surface area contributed by atoms with Crippen molar-refractivity contribution in [2.75, 3.05) is 18.0 Å². The number of hydrogen-bond acceptors (Lipinski definition) is 3. The molecule has 0 aliphatic rings. The van der Waals surface area contributed by atoms with Gasteiger partial charge in [-0.15, -0.1) is 0 Å². The van der Waals surface area contributed by atoms with Gasteiger partial charge in [-0.2, -0.15) is 5.26 Å². The van der Waals surface area contributed by atoms with Gasteiger partial charge in [0.25, 0.3) is 0 Å². The first-order valence-corrected chi connectivity index (χ1v) is 5.74. The molecule has 3 nitrogen and oxygen atoms in total. The van der Waals surface area contributed by atoms with E-state index in [0.29, 0.717) is 17.5 Å². The van der Waals surface area contributed by atoms with Crippen molar-refractivity contribution in [3.05, 3.63) is 23.5 Å². The molecule has 0 aromatic carbocycles. The van der Waals surface area contributed by atoms with Crippen molar-refractivity contribution >= 4 is 17.3 Å². The molecule has 0 saturated carbocycles. The quantitative estimate of drug-likeness (QED) is 0.739. The molecule has 4 heteroatoms. The van der Waals surface area contributed by atoms with Crippen LogP contribution in [0.3, 0.4) is 0 Å². The Hall–Kier alpha value is -1.27. The maximum Gasteiger partial charge on any atom is 0.131 e. The van der Waals surface area contributed by atoms with Crippen LogP contribution in [0.25, 0.3) is 0 Å². The molecule has 1 aromatic rings. The van der Waals surface area contributed by atoms with E-state index in [0.717, 1.165) is 18.8 Å². The van der Waals surface area contributed by atoms with Crippen molar-refractivity contribution in [1.29, 1.82) is 5.26 Å². The van der Waals surface area contributed by atoms with E-state index in [1.807, 2.05) is 12.1 Å². The minimum Gasteiger partial charge on any atom is -0.370 e. The lowest BCUT2D eigenvalue weighted by Gasteiger charge is -2.25. The van der Waals surface area contributed by atoms with Crippen molar-refractivity contribution in [1.82, 2.24) is 4.98 Å². The largest absolute Gasteiger partial charge is 0.370 e. The second kappa shape index (κ2) is 6.34. The summed E-state index contributed by atoms with van der Waals surface area (Å²) in [4.78, 5) is 6.12. The van der Waals surface area contributed by atoms with E-state index in [4.69, 9.17) is 16.9 Å². The highest BCUT2D eigenvalue weighted by molar-refractivity contribution is 6.29. The first-order chi connectivity index (χ1) is 7.63. The van der Waals surface area contributed by atoms with Crippen LogP contribution in [0.5, 0.6) is 0 Å². The first kappa shape index (κ1) is 12.8. The number of pyridine rings is 1. The Bertz CT molecular complexity index is 371. The highest BCUT2D eigenvalue weighted by atomic mass is 35.5. The molecule has 0 unspecified atom stereocenters. The van der Waals surface area contributed by atoms with Crippen LogP contribution in [0.15, 0.2) is 18.3 Å². The molecule has 0 radical (unpaired) electrons. The Kier molecular flexibility index (Phi) is 5.07.